The van der Waals surface area contributed by atoms with Gasteiger partial charge in [0.25, 0.3) is 5.91 Å². The third-order valence-electron chi connectivity index (χ3n) is 2.44. The highest BCUT2D eigenvalue weighted by molar-refractivity contribution is 5.95. The number of amides is 1. The maximum atomic E-state index is 12.0. The van der Waals surface area contributed by atoms with E-state index in [2.05, 4.69) is 5.10 Å². The van der Waals surface area contributed by atoms with Crippen LogP contribution in [0.5, 0.6) is 5.75 Å². The molecule has 0 saturated carbocycles. The van der Waals surface area contributed by atoms with Crippen LogP contribution < -0.4 is 0 Å². The average Bonchev–Trinajstić information content (AvgIpc) is 2.43. The zero-order valence-electron chi connectivity index (χ0n) is 9.61. The molecule has 1 aromatic heterocycles. The molecule has 0 bridgehead atoms. The van der Waals surface area contributed by atoms with Crippen LogP contribution in [0, 0.1) is 6.92 Å². The van der Waals surface area contributed by atoms with Gasteiger partial charge in [0.05, 0.1) is 0 Å². The molecule has 0 aromatic carbocycles. The lowest BCUT2D eigenvalue weighted by Crippen LogP contribution is -2.32. The van der Waals surface area contributed by atoms with Crippen LogP contribution in [0.25, 0.3) is 0 Å². The Balaban J connectivity index is 3.10. The summed E-state index contributed by atoms with van der Waals surface area (Å²) >= 11 is 0. The Bertz CT molecular complexity index is 367. The highest BCUT2D eigenvalue weighted by atomic mass is 16.3. The molecule has 5 heteroatoms. The van der Waals surface area contributed by atoms with Crippen molar-refractivity contribution in [3.8, 4) is 5.75 Å². The van der Waals surface area contributed by atoms with Crippen molar-refractivity contribution in [2.75, 3.05) is 13.1 Å². The van der Waals surface area contributed by atoms with Crippen LogP contribution in [0.4, 0.5) is 0 Å². The quantitative estimate of drug-likeness (QED) is 0.808. The Morgan fingerprint density at radius 2 is 2.00 bits per heavy atom. The predicted octanol–water partition coefficient (Wildman–Crippen LogP) is 0.916. The van der Waals surface area contributed by atoms with Gasteiger partial charge in [-0.1, -0.05) is 0 Å². The maximum Gasteiger partial charge on any atom is 0.275 e. The van der Waals surface area contributed by atoms with Crippen LogP contribution in [-0.2, 0) is 7.05 Å². The number of carbonyl (C=O) groups excluding carboxylic acids is 1. The maximum absolute atomic E-state index is 12.0. The Morgan fingerprint density at radius 1 is 1.47 bits per heavy atom. The predicted molar refractivity (Wildman–Crippen MR) is 56.9 cm³/mol. The highest BCUT2D eigenvalue weighted by Gasteiger charge is 2.22. The van der Waals surface area contributed by atoms with Crippen LogP contribution in [0.3, 0.4) is 0 Å². The molecule has 15 heavy (non-hydrogen) atoms. The summed E-state index contributed by atoms with van der Waals surface area (Å²) in [6.45, 7) is 6.73. The normalized spacial score (nSPS) is 10.4. The van der Waals surface area contributed by atoms with Crippen molar-refractivity contribution in [3.05, 3.63) is 11.4 Å². The van der Waals surface area contributed by atoms with Crippen molar-refractivity contribution in [3.63, 3.8) is 0 Å². The van der Waals surface area contributed by atoms with Gasteiger partial charge in [-0.25, -0.2) is 0 Å². The minimum atomic E-state index is -0.180. The molecule has 0 aliphatic carbocycles. The zero-order valence-corrected chi connectivity index (χ0v) is 9.61. The number of aryl methyl sites for hydroxylation is 2. The third kappa shape index (κ3) is 1.95. The molecule has 0 atom stereocenters. The molecule has 0 saturated heterocycles. The number of rotatable bonds is 3. The van der Waals surface area contributed by atoms with Gasteiger partial charge in [0.1, 0.15) is 5.69 Å². The molecule has 1 aromatic rings. The summed E-state index contributed by atoms with van der Waals surface area (Å²) in [5.41, 5.74) is 0.740. The summed E-state index contributed by atoms with van der Waals surface area (Å²) in [6, 6.07) is 0. The van der Waals surface area contributed by atoms with Gasteiger partial charge in [0, 0.05) is 20.1 Å². The molecular weight excluding hydrogens is 194 g/mol. The van der Waals surface area contributed by atoms with Crippen molar-refractivity contribution >= 4 is 5.91 Å². The Kier molecular flexibility index (Phi) is 3.34. The minimum Gasteiger partial charge on any atom is -0.504 e. The van der Waals surface area contributed by atoms with E-state index in [0.717, 1.165) is 0 Å². The van der Waals surface area contributed by atoms with E-state index in [1.54, 1.807) is 18.9 Å². The van der Waals surface area contributed by atoms with E-state index in [1.165, 1.54) is 4.68 Å². The average molecular weight is 211 g/mol. The van der Waals surface area contributed by atoms with E-state index in [0.29, 0.717) is 18.8 Å². The van der Waals surface area contributed by atoms with E-state index >= 15 is 0 Å². The number of hydrogen-bond donors (Lipinski definition) is 1. The fraction of sp³-hybridized carbons (Fsp3) is 0.600. The first-order chi connectivity index (χ1) is 7.02. The smallest absolute Gasteiger partial charge is 0.275 e. The number of aromatic nitrogens is 2. The molecule has 0 unspecified atom stereocenters. The lowest BCUT2D eigenvalue weighted by molar-refractivity contribution is 0.0759. The van der Waals surface area contributed by atoms with E-state index in [9.17, 15) is 9.90 Å². The second-order valence-electron chi connectivity index (χ2n) is 3.38. The molecule has 0 aliphatic heterocycles. The standard InChI is InChI=1S/C10H17N3O2/c1-5-13(6-2)10(15)8-9(14)7(3)11-12(8)4/h14H,5-6H2,1-4H3. The van der Waals surface area contributed by atoms with E-state index in [-0.39, 0.29) is 17.4 Å². The fourth-order valence-electron chi connectivity index (χ4n) is 1.55. The van der Waals surface area contributed by atoms with Gasteiger partial charge in [-0.3, -0.25) is 9.48 Å². The monoisotopic (exact) mass is 211 g/mol. The van der Waals surface area contributed by atoms with E-state index < -0.39 is 0 Å². The van der Waals surface area contributed by atoms with Crippen LogP contribution in [0.2, 0.25) is 0 Å². The first-order valence-corrected chi connectivity index (χ1v) is 5.04. The van der Waals surface area contributed by atoms with Crippen molar-refractivity contribution in [2.24, 2.45) is 7.05 Å². The van der Waals surface area contributed by atoms with Gasteiger partial charge in [-0.15, -0.1) is 0 Å². The molecule has 1 amide bonds. The summed E-state index contributed by atoms with van der Waals surface area (Å²) in [5.74, 6) is -0.199. The van der Waals surface area contributed by atoms with Crippen LogP contribution in [-0.4, -0.2) is 38.8 Å². The van der Waals surface area contributed by atoms with E-state index in [4.69, 9.17) is 0 Å². The number of hydrogen-bond acceptors (Lipinski definition) is 3. The van der Waals surface area contributed by atoms with Crippen molar-refractivity contribution in [1.82, 2.24) is 14.7 Å². The summed E-state index contributed by atoms with van der Waals surface area (Å²) < 4.78 is 1.42. The Hall–Kier alpha value is -1.52. The third-order valence-corrected chi connectivity index (χ3v) is 2.44. The van der Waals surface area contributed by atoms with Crippen LogP contribution >= 0.6 is 0 Å². The van der Waals surface area contributed by atoms with Gasteiger partial charge in [-0.05, 0) is 20.8 Å². The lowest BCUT2D eigenvalue weighted by Gasteiger charge is -2.18. The van der Waals surface area contributed by atoms with Gasteiger partial charge < -0.3 is 10.0 Å². The van der Waals surface area contributed by atoms with E-state index in [1.807, 2.05) is 13.8 Å². The van der Waals surface area contributed by atoms with Crippen molar-refractivity contribution in [1.29, 1.82) is 0 Å². The summed E-state index contributed by atoms with van der Waals surface area (Å²) in [6.07, 6.45) is 0. The Morgan fingerprint density at radius 3 is 2.33 bits per heavy atom. The summed E-state index contributed by atoms with van der Waals surface area (Å²) in [4.78, 5) is 13.6. The molecule has 5 nitrogen and oxygen atoms in total. The fourth-order valence-corrected chi connectivity index (χ4v) is 1.55. The number of carbonyl (C=O) groups is 1. The first kappa shape index (κ1) is 11.6. The molecule has 0 spiro atoms. The zero-order chi connectivity index (χ0) is 11.6. The number of aromatic hydroxyl groups is 1. The molecule has 1 N–H and O–H groups in total. The molecule has 0 fully saturated rings. The van der Waals surface area contributed by atoms with Gasteiger partial charge >= 0.3 is 0 Å². The van der Waals surface area contributed by atoms with Gasteiger partial charge in [-0.2, -0.15) is 5.10 Å². The minimum absolute atomic E-state index is 0.0191. The summed E-state index contributed by atoms with van der Waals surface area (Å²) in [7, 11) is 1.66. The van der Waals surface area contributed by atoms with Crippen LogP contribution in [0.1, 0.15) is 30.0 Å². The van der Waals surface area contributed by atoms with Crippen LogP contribution in [0.15, 0.2) is 0 Å². The molecule has 84 valence electrons. The molecule has 0 radical (unpaired) electrons. The van der Waals surface area contributed by atoms with Gasteiger partial charge in [0.15, 0.2) is 11.4 Å². The highest BCUT2D eigenvalue weighted by Crippen LogP contribution is 2.21. The molecule has 1 rings (SSSR count). The van der Waals surface area contributed by atoms with Gasteiger partial charge in [0.2, 0.25) is 0 Å². The second-order valence-corrected chi connectivity index (χ2v) is 3.38. The SMILES string of the molecule is CCN(CC)C(=O)c1c(O)c(C)nn1C. The number of nitrogens with zero attached hydrogens (tertiary/aromatic N) is 3. The first-order valence-electron chi connectivity index (χ1n) is 5.04. The lowest BCUT2D eigenvalue weighted by atomic mass is 10.3. The molecular formula is C10H17N3O2. The largest absolute Gasteiger partial charge is 0.504 e. The molecule has 1 heterocycles. The van der Waals surface area contributed by atoms with Crippen molar-refractivity contribution in [2.45, 2.75) is 20.8 Å². The van der Waals surface area contributed by atoms with Crippen molar-refractivity contribution < 1.29 is 9.90 Å². The summed E-state index contributed by atoms with van der Waals surface area (Å²) in [5, 5.41) is 13.7. The Labute approximate surface area is 89.3 Å². The topological polar surface area (TPSA) is 58.4 Å². The second kappa shape index (κ2) is 4.33. The molecule has 0 aliphatic rings.